The van der Waals surface area contributed by atoms with Crippen molar-refractivity contribution in [1.82, 2.24) is 20.3 Å². The predicted octanol–water partition coefficient (Wildman–Crippen LogP) is 5.94. The van der Waals surface area contributed by atoms with Gasteiger partial charge in [0.25, 0.3) is 0 Å². The fraction of sp³-hybridized carbons (Fsp3) is 0.400. The summed E-state index contributed by atoms with van der Waals surface area (Å²) >= 11 is 0. The summed E-state index contributed by atoms with van der Waals surface area (Å²) in [6.07, 6.45) is 11.5. The van der Waals surface area contributed by atoms with Gasteiger partial charge in [0, 0.05) is 74.1 Å². The molecule has 4 aliphatic rings. The molecule has 0 spiro atoms. The normalized spacial score (nSPS) is 26.3. The third-order valence-electron chi connectivity index (χ3n) is 10.9. The number of hydrogen-bond donors (Lipinski definition) is 4. The van der Waals surface area contributed by atoms with Crippen LogP contribution in [0.25, 0.3) is 29.9 Å². The van der Waals surface area contributed by atoms with Gasteiger partial charge in [0.15, 0.2) is 18.8 Å². The summed E-state index contributed by atoms with van der Waals surface area (Å²) in [5, 5.41) is 5.85. The third kappa shape index (κ3) is 5.49. The van der Waals surface area contributed by atoms with Gasteiger partial charge in [-0.3, -0.25) is 9.59 Å². The second-order valence-corrected chi connectivity index (χ2v) is 14.1. The van der Waals surface area contributed by atoms with Crippen LogP contribution in [0.4, 0.5) is 0 Å². The fourth-order valence-corrected chi connectivity index (χ4v) is 7.97. The van der Waals surface area contributed by atoms with Crippen molar-refractivity contribution < 1.29 is 23.7 Å². The van der Waals surface area contributed by atoms with Crippen LogP contribution in [0.3, 0.4) is 0 Å². The first kappa shape index (κ1) is 32.9. The summed E-state index contributed by atoms with van der Waals surface area (Å²) in [5.41, 5.74) is 13.9. The molecule has 3 aromatic heterocycles. The number of H-pyrrole nitrogens is 3. The predicted molar refractivity (Wildman–Crippen MR) is 192 cm³/mol. The lowest BCUT2D eigenvalue weighted by molar-refractivity contribution is -0.142. The molecule has 6 heterocycles. The van der Waals surface area contributed by atoms with Gasteiger partial charge in [-0.05, 0) is 98.9 Å². The van der Waals surface area contributed by atoms with E-state index in [4.69, 9.17) is 9.62 Å². The van der Waals surface area contributed by atoms with Crippen molar-refractivity contribution in [3.05, 3.63) is 96.5 Å². The van der Waals surface area contributed by atoms with Crippen LogP contribution in [0.15, 0.2) is 29.6 Å². The maximum atomic E-state index is 14.4. The zero-order valence-electron chi connectivity index (χ0n) is 29.8. The summed E-state index contributed by atoms with van der Waals surface area (Å²) in [4.78, 5) is 44.2. The molecular formula is C40H47N4O5+. The number of rotatable bonds is 8. The van der Waals surface area contributed by atoms with Gasteiger partial charge in [0.1, 0.15) is 6.61 Å². The molecule has 0 aromatic carbocycles. The van der Waals surface area contributed by atoms with Crippen molar-refractivity contribution in [2.24, 2.45) is 17.8 Å². The minimum atomic E-state index is -0.532. The Morgan fingerprint density at radius 2 is 1.73 bits per heavy atom. The summed E-state index contributed by atoms with van der Waals surface area (Å²) < 4.78 is 8.18. The van der Waals surface area contributed by atoms with Crippen LogP contribution in [0.2, 0.25) is 0 Å². The lowest BCUT2D eigenvalue weighted by atomic mass is 9.85. The molecule has 8 bridgehead atoms. The molecule has 2 fully saturated rings. The minimum absolute atomic E-state index is 0.0263. The average molecular weight is 664 g/mol. The quantitative estimate of drug-likeness (QED) is 0.0783. The molecule has 3 aliphatic heterocycles. The Morgan fingerprint density at radius 3 is 2.41 bits per heavy atom. The van der Waals surface area contributed by atoms with Crippen LogP contribution < -0.4 is 16.0 Å². The van der Waals surface area contributed by atoms with Gasteiger partial charge >= 0.3 is 12.3 Å². The summed E-state index contributed by atoms with van der Waals surface area (Å²) in [7, 11) is 1.78. The van der Waals surface area contributed by atoms with E-state index in [0.717, 1.165) is 79.1 Å². The number of Topliss-reactive ketones (excluding diaryl/α,β-unsaturated/α-hetero) is 1. The van der Waals surface area contributed by atoms with Gasteiger partial charge in [-0.2, -0.15) is 0 Å². The second kappa shape index (κ2) is 12.4. The first-order chi connectivity index (χ1) is 23.4. The zero-order valence-corrected chi connectivity index (χ0v) is 29.8. The van der Waals surface area contributed by atoms with Crippen molar-refractivity contribution in [2.45, 2.75) is 74.0 Å². The maximum absolute atomic E-state index is 14.4. The highest BCUT2D eigenvalue weighted by Gasteiger charge is 2.62. The molecule has 49 heavy (non-hydrogen) atoms. The smallest absolute Gasteiger partial charge is 0.384 e. The summed E-state index contributed by atoms with van der Waals surface area (Å²) in [5.74, 6) is -0.775. The van der Waals surface area contributed by atoms with Crippen LogP contribution in [0.5, 0.6) is 0 Å². The standard InChI is InChI=1S/C40H46N4O5/c1-10-24-20(5)27-16-29-22(7)26(12-13-33(45)47-15-14-19(3)4)37(43-29)35-36(40-48-49(40)9)39(46)34-23(8)30(44-38(34)35)18-32-25(11-2)21(6)28(42-32)17-31(24)41-27/h10,14,16-18,22,26,36,40-42H,1,11-13,15H2,2-9H3,(H-,43,44,46)/p+1/b28-17-,29-16-,32-18-/t22-,26-,36+,40?/m0/s1. The number of hydrogen-bond acceptors (Lipinski definition) is 5. The number of aromatic nitrogens is 3. The van der Waals surface area contributed by atoms with Crippen LogP contribution in [0.1, 0.15) is 101 Å². The number of allylic oxidation sites excluding steroid dienone is 3. The molecule has 0 amide bonds. The Labute approximate surface area is 287 Å². The molecular weight excluding hydrogens is 616 g/mol. The molecule has 256 valence electrons. The van der Waals surface area contributed by atoms with Crippen molar-refractivity contribution >= 4 is 41.6 Å². The monoisotopic (exact) mass is 663 g/mol. The average Bonchev–Trinajstić information content (AvgIpc) is 3.29. The third-order valence-corrected chi connectivity index (χ3v) is 10.9. The molecule has 3 aromatic rings. The van der Waals surface area contributed by atoms with Gasteiger partial charge in [-0.1, -0.05) is 32.1 Å². The summed E-state index contributed by atoms with van der Waals surface area (Å²) in [6.45, 7) is 19.0. The maximum Gasteiger partial charge on any atom is 0.384 e. The molecule has 0 radical (unpaired) electrons. The largest absolute Gasteiger partial charge is 0.461 e. The number of nitrogens with one attached hydrogen (secondary N) is 4. The fourth-order valence-electron chi connectivity index (χ4n) is 7.97. The van der Waals surface area contributed by atoms with Crippen molar-refractivity contribution in [2.75, 3.05) is 13.7 Å². The Bertz CT molecular complexity index is 2130. The van der Waals surface area contributed by atoms with Crippen molar-refractivity contribution in [3.8, 4) is 0 Å². The molecule has 1 unspecified atom stereocenters. The van der Waals surface area contributed by atoms with E-state index in [0.29, 0.717) is 12.0 Å². The highest BCUT2D eigenvalue weighted by Crippen LogP contribution is 2.52. The molecule has 4 N–H and O–H groups in total. The van der Waals surface area contributed by atoms with E-state index in [2.05, 4.69) is 77.3 Å². The molecule has 0 saturated carbocycles. The second-order valence-electron chi connectivity index (χ2n) is 14.1. The number of fused-ring (bicyclic) bond motifs is 7. The lowest BCUT2D eigenvalue weighted by Crippen LogP contribution is -2.22. The Morgan fingerprint density at radius 1 is 1.02 bits per heavy atom. The first-order valence-electron chi connectivity index (χ1n) is 17.3. The van der Waals surface area contributed by atoms with Gasteiger partial charge < -0.3 is 25.0 Å². The number of carbonyl (C=O) groups excluding carboxylic acids is 2. The SMILES string of the molecule is C=Cc1c2[nH]c(c1C)/C=C1\N/C(=C3\c4[nH]c(c(C)c4C(=O)[C@@H]3C3O[O+]3C)/C=c3\[nH]/c(c(C)c3CC)=C\2)[C@@H](CCC(=O)OCC=C(C)C)[C@@H]1C. The lowest BCUT2D eigenvalue weighted by Gasteiger charge is -2.18. The molecule has 9 heteroatoms. The van der Waals surface area contributed by atoms with Crippen LogP contribution in [-0.2, 0) is 25.4 Å². The molecule has 1 aliphatic carbocycles. The highest BCUT2D eigenvalue weighted by molar-refractivity contribution is 6.16. The number of ketones is 1. The topological polar surface area (TPSA) is 118 Å². The first-order valence-corrected chi connectivity index (χ1v) is 17.3. The molecule has 9 nitrogen and oxygen atoms in total. The van der Waals surface area contributed by atoms with Gasteiger partial charge in [-0.15, -0.1) is 0 Å². The molecule has 2 saturated heterocycles. The number of carbonyl (C=O) groups is 2. The Hall–Kier alpha value is -4.60. The van der Waals surface area contributed by atoms with Crippen LogP contribution in [-0.4, -0.2) is 46.7 Å². The zero-order chi connectivity index (χ0) is 34.9. The van der Waals surface area contributed by atoms with E-state index >= 15 is 0 Å². The minimum Gasteiger partial charge on any atom is -0.461 e. The Kier molecular flexibility index (Phi) is 8.32. The highest BCUT2D eigenvalue weighted by atomic mass is 17.5. The van der Waals surface area contributed by atoms with Crippen molar-refractivity contribution in [1.29, 1.82) is 0 Å². The van der Waals surface area contributed by atoms with Gasteiger partial charge in [-0.25, -0.2) is 4.52 Å². The van der Waals surface area contributed by atoms with E-state index in [9.17, 15) is 9.59 Å². The van der Waals surface area contributed by atoms with E-state index < -0.39 is 12.2 Å². The number of ether oxygens (including phenoxy) is 1. The number of aromatic amines is 3. The number of esters is 1. The van der Waals surface area contributed by atoms with Crippen LogP contribution in [0, 0.1) is 38.5 Å². The van der Waals surface area contributed by atoms with Gasteiger partial charge in [0.2, 0.25) is 0 Å². The van der Waals surface area contributed by atoms with Crippen molar-refractivity contribution in [3.63, 3.8) is 0 Å². The van der Waals surface area contributed by atoms with Crippen LogP contribution >= 0.6 is 0 Å². The van der Waals surface area contributed by atoms with E-state index in [-0.39, 0.29) is 36.6 Å². The van der Waals surface area contributed by atoms with E-state index in [1.165, 1.54) is 11.1 Å². The van der Waals surface area contributed by atoms with E-state index in [1.807, 2.05) is 32.9 Å². The summed E-state index contributed by atoms with van der Waals surface area (Å²) in [6, 6.07) is 0. The Balaban J connectivity index is 1.46. The van der Waals surface area contributed by atoms with E-state index in [1.54, 1.807) is 7.11 Å². The van der Waals surface area contributed by atoms with Gasteiger partial charge in [0.05, 0.1) is 5.69 Å². The molecule has 4 atom stereocenters. The molecule has 7 rings (SSSR count).